The van der Waals surface area contributed by atoms with Crippen molar-refractivity contribution in [2.24, 2.45) is 0 Å². The Labute approximate surface area is 85.3 Å². The molecule has 0 saturated carbocycles. The predicted octanol–water partition coefficient (Wildman–Crippen LogP) is 1.54. The van der Waals surface area contributed by atoms with Crippen LogP contribution in [0.4, 0.5) is 0 Å². The predicted molar refractivity (Wildman–Crippen MR) is 61.2 cm³/mol. The first-order valence-corrected chi connectivity index (χ1v) is 8.04. The van der Waals surface area contributed by atoms with Crippen LogP contribution in [-0.2, 0) is 0 Å². The highest BCUT2D eigenvalue weighted by molar-refractivity contribution is 6.88. The highest BCUT2D eigenvalue weighted by Crippen LogP contribution is 2.04. The molecule has 0 fully saturated rings. The molecule has 0 heterocycles. The maximum atomic E-state index is 8.55. The molecule has 0 aliphatic rings. The van der Waals surface area contributed by atoms with Crippen LogP contribution in [0, 0.1) is 5.41 Å². The lowest BCUT2D eigenvalue weighted by atomic mass is 10.2. The molecule has 76 valence electrons. The fourth-order valence-electron chi connectivity index (χ4n) is 1.20. The summed E-state index contributed by atoms with van der Waals surface area (Å²) in [6, 6.07) is 7.79. The van der Waals surface area contributed by atoms with Gasteiger partial charge in [-0.15, -0.1) is 0 Å². The van der Waals surface area contributed by atoms with E-state index in [0.717, 1.165) is 0 Å². The molecule has 1 aromatic rings. The molecular weight excluding hydrogens is 192 g/mol. The Morgan fingerprint density at radius 2 is 1.71 bits per heavy atom. The van der Waals surface area contributed by atoms with E-state index in [1.807, 2.05) is 29.7 Å². The van der Waals surface area contributed by atoms with Gasteiger partial charge in [0.1, 0.15) is 5.84 Å². The molecular formula is C10H16N2OSi. The van der Waals surface area contributed by atoms with Crippen LogP contribution in [0.25, 0.3) is 0 Å². The molecule has 0 radical (unpaired) electrons. The zero-order valence-corrected chi connectivity index (χ0v) is 9.76. The van der Waals surface area contributed by atoms with Gasteiger partial charge in [0.25, 0.3) is 0 Å². The lowest BCUT2D eigenvalue weighted by molar-refractivity contribution is 0.234. The maximum Gasteiger partial charge on any atom is 0.149 e. The Bertz CT molecular complexity index is 327. The van der Waals surface area contributed by atoms with E-state index in [0.29, 0.717) is 5.56 Å². The zero-order chi connectivity index (χ0) is 10.8. The fourth-order valence-corrected chi connectivity index (χ4v) is 2.37. The van der Waals surface area contributed by atoms with Crippen molar-refractivity contribution < 1.29 is 5.21 Å². The average Bonchev–Trinajstić information content (AvgIpc) is 2.15. The van der Waals surface area contributed by atoms with Crippen LogP contribution < -0.4 is 10.7 Å². The van der Waals surface area contributed by atoms with Gasteiger partial charge in [0.15, 0.2) is 0 Å². The van der Waals surface area contributed by atoms with Crippen molar-refractivity contribution in [1.29, 1.82) is 5.41 Å². The molecule has 0 aliphatic carbocycles. The summed E-state index contributed by atoms with van der Waals surface area (Å²) in [5.41, 5.74) is 2.54. The smallest absolute Gasteiger partial charge is 0.149 e. The normalized spacial score (nSPS) is 11.1. The topological polar surface area (TPSA) is 56.1 Å². The number of hydrogen-bond donors (Lipinski definition) is 3. The lowest BCUT2D eigenvalue weighted by Crippen LogP contribution is -2.37. The average molecular weight is 208 g/mol. The number of nitrogens with one attached hydrogen (secondary N) is 2. The summed E-state index contributed by atoms with van der Waals surface area (Å²) < 4.78 is 0. The lowest BCUT2D eigenvalue weighted by Gasteiger charge is -2.16. The first kappa shape index (κ1) is 10.9. The summed E-state index contributed by atoms with van der Waals surface area (Å²) in [5.74, 6) is 0.0344. The second kappa shape index (κ2) is 3.94. The first-order valence-electron chi connectivity index (χ1n) is 4.54. The van der Waals surface area contributed by atoms with Gasteiger partial charge in [-0.3, -0.25) is 16.1 Å². The number of benzene rings is 1. The molecule has 0 bridgehead atoms. The maximum absolute atomic E-state index is 8.55. The molecule has 0 saturated heterocycles. The van der Waals surface area contributed by atoms with Crippen LogP contribution in [0.3, 0.4) is 0 Å². The number of rotatable bonds is 2. The Balaban J connectivity index is 2.95. The minimum absolute atomic E-state index is 0.0344. The standard InChI is InChI=1S/C10H16N2OSi/c1-14(2,3)9-6-4-8(5-7-9)10(11)12-13/h4-7,13H,1-3H3,(H2,11,12). The molecule has 4 heteroatoms. The van der Waals surface area contributed by atoms with Crippen LogP contribution in [0.2, 0.25) is 19.6 Å². The van der Waals surface area contributed by atoms with Crippen molar-refractivity contribution in [3.05, 3.63) is 29.8 Å². The third kappa shape index (κ3) is 2.43. The van der Waals surface area contributed by atoms with Crippen molar-refractivity contribution in [2.75, 3.05) is 0 Å². The largest absolute Gasteiger partial charge is 0.290 e. The van der Waals surface area contributed by atoms with Crippen molar-refractivity contribution in [3.8, 4) is 0 Å². The van der Waals surface area contributed by atoms with Crippen LogP contribution in [0.5, 0.6) is 0 Å². The summed E-state index contributed by atoms with van der Waals surface area (Å²) in [7, 11) is -1.25. The Hall–Kier alpha value is -1.13. The van der Waals surface area contributed by atoms with Gasteiger partial charge in [0.05, 0.1) is 8.07 Å². The summed E-state index contributed by atoms with van der Waals surface area (Å²) in [5, 5.41) is 17.3. The summed E-state index contributed by atoms with van der Waals surface area (Å²) in [6.07, 6.45) is 0. The van der Waals surface area contributed by atoms with Gasteiger partial charge in [-0.1, -0.05) is 49.1 Å². The van der Waals surface area contributed by atoms with E-state index in [4.69, 9.17) is 10.6 Å². The second-order valence-electron chi connectivity index (χ2n) is 4.31. The van der Waals surface area contributed by atoms with Crippen molar-refractivity contribution in [2.45, 2.75) is 19.6 Å². The van der Waals surface area contributed by atoms with E-state index < -0.39 is 8.07 Å². The van der Waals surface area contributed by atoms with Gasteiger partial charge >= 0.3 is 0 Å². The van der Waals surface area contributed by atoms with Gasteiger partial charge in [-0.2, -0.15) is 0 Å². The quantitative estimate of drug-likeness (QED) is 0.299. The van der Waals surface area contributed by atoms with E-state index >= 15 is 0 Å². The molecule has 0 aromatic heterocycles. The minimum Gasteiger partial charge on any atom is -0.290 e. The van der Waals surface area contributed by atoms with Gasteiger partial charge < -0.3 is 0 Å². The Morgan fingerprint density at radius 1 is 1.21 bits per heavy atom. The highest BCUT2D eigenvalue weighted by Gasteiger charge is 2.15. The SMILES string of the molecule is C[Si](C)(C)c1ccc(C(=N)NO)cc1. The van der Waals surface area contributed by atoms with E-state index in [9.17, 15) is 0 Å². The van der Waals surface area contributed by atoms with Crippen LogP contribution in [0.15, 0.2) is 24.3 Å². The van der Waals surface area contributed by atoms with E-state index in [-0.39, 0.29) is 5.84 Å². The molecule has 3 N–H and O–H groups in total. The molecule has 0 atom stereocenters. The second-order valence-corrected chi connectivity index (χ2v) is 9.39. The molecule has 14 heavy (non-hydrogen) atoms. The van der Waals surface area contributed by atoms with E-state index in [1.54, 1.807) is 0 Å². The van der Waals surface area contributed by atoms with E-state index in [2.05, 4.69) is 19.6 Å². The summed E-state index contributed by atoms with van der Waals surface area (Å²) in [6.45, 7) is 6.83. The molecule has 0 unspecified atom stereocenters. The van der Waals surface area contributed by atoms with Gasteiger partial charge in [0.2, 0.25) is 0 Å². The van der Waals surface area contributed by atoms with Gasteiger partial charge in [-0.25, -0.2) is 0 Å². The molecule has 1 rings (SSSR count). The van der Waals surface area contributed by atoms with Crippen LogP contribution in [0.1, 0.15) is 5.56 Å². The summed E-state index contributed by atoms with van der Waals surface area (Å²) in [4.78, 5) is 0. The Kier molecular flexibility index (Phi) is 3.08. The van der Waals surface area contributed by atoms with E-state index in [1.165, 1.54) is 5.19 Å². The van der Waals surface area contributed by atoms with Crippen molar-refractivity contribution >= 4 is 19.1 Å². The number of amidine groups is 1. The summed E-state index contributed by atoms with van der Waals surface area (Å²) >= 11 is 0. The molecule has 0 spiro atoms. The minimum atomic E-state index is -1.25. The first-order chi connectivity index (χ1) is 6.45. The highest BCUT2D eigenvalue weighted by atomic mass is 28.3. The molecule has 1 aromatic carbocycles. The third-order valence-electron chi connectivity index (χ3n) is 2.15. The number of hydroxylamine groups is 1. The van der Waals surface area contributed by atoms with Gasteiger partial charge in [0, 0.05) is 5.56 Å². The molecule has 0 amide bonds. The number of hydrogen-bond acceptors (Lipinski definition) is 2. The zero-order valence-electron chi connectivity index (χ0n) is 8.76. The molecule has 0 aliphatic heterocycles. The Morgan fingerprint density at radius 3 is 2.07 bits per heavy atom. The van der Waals surface area contributed by atoms with Crippen LogP contribution in [-0.4, -0.2) is 19.1 Å². The van der Waals surface area contributed by atoms with Crippen molar-refractivity contribution in [3.63, 3.8) is 0 Å². The third-order valence-corrected chi connectivity index (χ3v) is 4.22. The molecule has 3 nitrogen and oxygen atoms in total. The van der Waals surface area contributed by atoms with Gasteiger partial charge in [-0.05, 0) is 0 Å². The van der Waals surface area contributed by atoms with Crippen LogP contribution >= 0.6 is 0 Å². The van der Waals surface area contributed by atoms with Crippen molar-refractivity contribution in [1.82, 2.24) is 5.48 Å². The fraction of sp³-hybridized carbons (Fsp3) is 0.300. The monoisotopic (exact) mass is 208 g/mol.